The number of carbonyl (C=O) groups excluding carboxylic acids is 1. The van der Waals surface area contributed by atoms with Crippen LogP contribution in [0.25, 0.3) is 0 Å². The van der Waals surface area contributed by atoms with Crippen molar-refractivity contribution in [3.63, 3.8) is 0 Å². The highest BCUT2D eigenvalue weighted by Crippen LogP contribution is 2.15. The first-order valence-electron chi connectivity index (χ1n) is 6.50. The second-order valence-electron chi connectivity index (χ2n) is 4.82. The van der Waals surface area contributed by atoms with Crippen molar-refractivity contribution in [3.8, 4) is 0 Å². The summed E-state index contributed by atoms with van der Waals surface area (Å²) in [7, 11) is 2.20. The smallest absolute Gasteiger partial charge is 0.338 e. The van der Waals surface area contributed by atoms with Crippen molar-refractivity contribution in [1.29, 1.82) is 0 Å². The third-order valence-corrected chi connectivity index (χ3v) is 4.47. The van der Waals surface area contributed by atoms with Gasteiger partial charge in [-0.1, -0.05) is 12.1 Å². The highest BCUT2D eigenvalue weighted by Gasteiger charge is 2.11. The molecule has 5 nitrogen and oxygen atoms in total. The summed E-state index contributed by atoms with van der Waals surface area (Å²) in [5, 5.41) is 0. The van der Waals surface area contributed by atoms with Crippen LogP contribution in [0.2, 0.25) is 0 Å². The number of hydrogen-bond acceptors (Lipinski definition) is 4. The summed E-state index contributed by atoms with van der Waals surface area (Å²) >= 11 is 0. The van der Waals surface area contributed by atoms with Crippen molar-refractivity contribution < 1.29 is 13.7 Å². The number of carbonyl (C=O) groups is 1. The molecule has 0 saturated heterocycles. The molecule has 1 heterocycles. The fraction of sp³-hybridized carbons (Fsp3) is 0.333. The molecule has 1 aromatic heterocycles. The number of aromatic nitrogens is 2. The second-order valence-corrected chi connectivity index (χ2v) is 6.28. The maximum Gasteiger partial charge on any atom is 0.338 e. The Bertz CT molecular complexity index is 679. The van der Waals surface area contributed by atoms with E-state index in [9.17, 15) is 9.00 Å². The van der Waals surface area contributed by atoms with Gasteiger partial charge in [-0.3, -0.25) is 4.21 Å². The number of imidazole rings is 1. The Kier molecular flexibility index (Phi) is 4.90. The van der Waals surface area contributed by atoms with Crippen molar-refractivity contribution in [1.82, 2.24) is 9.55 Å². The average Bonchev–Trinajstić information content (AvgIpc) is 2.83. The van der Waals surface area contributed by atoms with E-state index in [1.54, 1.807) is 12.3 Å². The number of methoxy groups -OCH3 is 1. The molecular weight excluding hydrogens is 288 g/mol. The molecule has 0 spiro atoms. The Morgan fingerprint density at radius 2 is 2.14 bits per heavy atom. The minimum atomic E-state index is -1.04. The average molecular weight is 306 g/mol. The van der Waals surface area contributed by atoms with Crippen molar-refractivity contribution >= 4 is 16.8 Å². The van der Waals surface area contributed by atoms with Crippen LogP contribution in [-0.4, -0.2) is 26.8 Å². The second kappa shape index (κ2) is 6.67. The molecule has 0 aliphatic heterocycles. The van der Waals surface area contributed by atoms with E-state index < -0.39 is 10.8 Å². The predicted molar refractivity (Wildman–Crippen MR) is 81.3 cm³/mol. The largest absolute Gasteiger partial charge is 0.465 e. The SMILES string of the molecule is COC(=O)c1ccc(CS(=O)Cc2nccn2C)cc1C. The Labute approximate surface area is 126 Å². The normalized spacial score (nSPS) is 12.1. The summed E-state index contributed by atoms with van der Waals surface area (Å²) in [6.45, 7) is 1.84. The number of hydrogen-bond donors (Lipinski definition) is 0. The molecule has 112 valence electrons. The van der Waals surface area contributed by atoms with Crippen LogP contribution in [0.5, 0.6) is 0 Å². The summed E-state index contributed by atoms with van der Waals surface area (Å²) in [5.74, 6) is 1.31. The lowest BCUT2D eigenvalue weighted by atomic mass is 10.1. The van der Waals surface area contributed by atoms with Gasteiger partial charge in [-0.2, -0.15) is 0 Å². The van der Waals surface area contributed by atoms with E-state index in [2.05, 4.69) is 4.98 Å². The van der Waals surface area contributed by atoms with Gasteiger partial charge in [0.15, 0.2) is 0 Å². The summed E-state index contributed by atoms with van der Waals surface area (Å²) in [6, 6.07) is 5.41. The van der Waals surface area contributed by atoms with Crippen LogP contribution in [0.3, 0.4) is 0 Å². The molecule has 1 aromatic carbocycles. The van der Waals surface area contributed by atoms with E-state index >= 15 is 0 Å². The van der Waals surface area contributed by atoms with Gasteiger partial charge in [0.25, 0.3) is 0 Å². The van der Waals surface area contributed by atoms with Gasteiger partial charge < -0.3 is 9.30 Å². The highest BCUT2D eigenvalue weighted by molar-refractivity contribution is 7.83. The van der Waals surface area contributed by atoms with E-state index in [0.717, 1.165) is 17.0 Å². The van der Waals surface area contributed by atoms with Gasteiger partial charge in [0.2, 0.25) is 0 Å². The van der Waals surface area contributed by atoms with Crippen LogP contribution in [0, 0.1) is 6.92 Å². The van der Waals surface area contributed by atoms with Gasteiger partial charge in [0.05, 0.1) is 18.4 Å². The highest BCUT2D eigenvalue weighted by atomic mass is 32.2. The third kappa shape index (κ3) is 3.78. The van der Waals surface area contributed by atoms with E-state index in [4.69, 9.17) is 4.74 Å². The summed E-state index contributed by atoms with van der Waals surface area (Å²) in [4.78, 5) is 15.7. The summed E-state index contributed by atoms with van der Waals surface area (Å²) in [6.07, 6.45) is 3.53. The van der Waals surface area contributed by atoms with Crippen LogP contribution in [-0.2, 0) is 34.1 Å². The van der Waals surface area contributed by atoms with Crippen LogP contribution < -0.4 is 0 Å². The number of nitrogens with zero attached hydrogens (tertiary/aromatic N) is 2. The molecule has 2 aromatic rings. The van der Waals surface area contributed by atoms with E-state index in [0.29, 0.717) is 17.1 Å². The van der Waals surface area contributed by atoms with Crippen LogP contribution >= 0.6 is 0 Å². The van der Waals surface area contributed by atoms with Gasteiger partial charge in [-0.25, -0.2) is 9.78 Å². The minimum absolute atomic E-state index is 0.354. The van der Waals surface area contributed by atoms with E-state index in [1.165, 1.54) is 7.11 Å². The third-order valence-electron chi connectivity index (χ3n) is 3.23. The lowest BCUT2D eigenvalue weighted by molar-refractivity contribution is 0.0600. The molecule has 0 aliphatic rings. The molecule has 0 fully saturated rings. The number of benzene rings is 1. The fourth-order valence-electron chi connectivity index (χ4n) is 2.07. The standard InChI is InChI=1S/C15H18N2O3S/c1-11-8-12(4-5-13(11)15(18)20-3)9-21(19)10-14-16-6-7-17(14)2/h4-8H,9-10H2,1-3H3. The Balaban J connectivity index is 2.06. The van der Waals surface area contributed by atoms with Gasteiger partial charge in [0.1, 0.15) is 5.82 Å². The number of ether oxygens (including phenoxy) is 1. The van der Waals surface area contributed by atoms with Crippen LogP contribution in [0.4, 0.5) is 0 Å². The lowest BCUT2D eigenvalue weighted by Crippen LogP contribution is -2.07. The zero-order valence-corrected chi connectivity index (χ0v) is 13.1. The van der Waals surface area contributed by atoms with Crippen molar-refractivity contribution in [2.24, 2.45) is 7.05 Å². The molecule has 0 amide bonds. The van der Waals surface area contributed by atoms with Gasteiger partial charge in [-0.15, -0.1) is 0 Å². The van der Waals surface area contributed by atoms with Crippen molar-refractivity contribution in [3.05, 3.63) is 53.1 Å². The maximum absolute atomic E-state index is 12.2. The monoisotopic (exact) mass is 306 g/mol. The fourth-order valence-corrected chi connectivity index (χ4v) is 3.29. The van der Waals surface area contributed by atoms with E-state index in [1.807, 2.05) is 36.9 Å². The number of esters is 1. The molecule has 0 saturated carbocycles. The number of rotatable bonds is 5. The first kappa shape index (κ1) is 15.4. The predicted octanol–water partition coefficient (Wildman–Crippen LogP) is 1.96. The summed E-state index contributed by atoms with van der Waals surface area (Å²) < 4.78 is 18.8. The molecule has 6 heteroatoms. The van der Waals surface area contributed by atoms with Gasteiger partial charge in [0, 0.05) is 36.0 Å². The molecule has 0 radical (unpaired) electrons. The molecule has 0 bridgehead atoms. The molecule has 21 heavy (non-hydrogen) atoms. The Morgan fingerprint density at radius 1 is 1.38 bits per heavy atom. The molecule has 0 aliphatic carbocycles. The number of aryl methyl sites for hydroxylation is 2. The molecule has 2 rings (SSSR count). The van der Waals surface area contributed by atoms with Gasteiger partial charge in [-0.05, 0) is 24.1 Å². The first-order valence-corrected chi connectivity index (χ1v) is 7.99. The summed E-state index contributed by atoms with van der Waals surface area (Å²) in [5.41, 5.74) is 2.30. The lowest BCUT2D eigenvalue weighted by Gasteiger charge is -2.07. The molecule has 1 atom stereocenters. The first-order chi connectivity index (χ1) is 10.0. The molecule has 1 unspecified atom stereocenters. The zero-order valence-electron chi connectivity index (χ0n) is 12.3. The topological polar surface area (TPSA) is 61.2 Å². The quantitative estimate of drug-likeness (QED) is 0.792. The molecular formula is C15H18N2O3S. The van der Waals surface area contributed by atoms with Gasteiger partial charge >= 0.3 is 5.97 Å². The van der Waals surface area contributed by atoms with Crippen LogP contribution in [0.15, 0.2) is 30.6 Å². The van der Waals surface area contributed by atoms with E-state index in [-0.39, 0.29) is 5.97 Å². The minimum Gasteiger partial charge on any atom is -0.465 e. The molecule has 0 N–H and O–H groups in total. The Morgan fingerprint density at radius 3 is 2.71 bits per heavy atom. The maximum atomic E-state index is 12.2. The van der Waals surface area contributed by atoms with Crippen molar-refractivity contribution in [2.75, 3.05) is 7.11 Å². The van der Waals surface area contributed by atoms with Crippen molar-refractivity contribution in [2.45, 2.75) is 18.4 Å². The Hall–Kier alpha value is -1.95. The van der Waals surface area contributed by atoms with Crippen LogP contribution in [0.1, 0.15) is 27.3 Å². The zero-order chi connectivity index (χ0) is 15.4.